The predicted molar refractivity (Wildman–Crippen MR) is 133 cm³/mol. The quantitative estimate of drug-likeness (QED) is 0.222. The van der Waals surface area contributed by atoms with E-state index in [0.717, 1.165) is 70.1 Å². The third-order valence-electron chi connectivity index (χ3n) is 6.19. The molecule has 0 unspecified atom stereocenters. The van der Waals surface area contributed by atoms with E-state index in [4.69, 9.17) is 9.73 Å². The van der Waals surface area contributed by atoms with E-state index >= 15 is 0 Å². The molecule has 0 spiro atoms. The Labute approximate surface area is 198 Å². The van der Waals surface area contributed by atoms with Crippen LogP contribution in [0, 0.1) is 0 Å². The van der Waals surface area contributed by atoms with E-state index < -0.39 is 0 Å². The summed E-state index contributed by atoms with van der Waals surface area (Å²) < 4.78 is 5.66. The SMILES string of the molecule is CCNC(=NCC1(c2ccccc2OC)CCCC1)NCCCN1CCCC1=O.I. The highest BCUT2D eigenvalue weighted by molar-refractivity contribution is 14.0. The molecular weight excluding hydrogens is 491 g/mol. The average Bonchev–Trinajstić information content (AvgIpc) is 3.39. The van der Waals surface area contributed by atoms with Crippen molar-refractivity contribution < 1.29 is 9.53 Å². The number of nitrogens with one attached hydrogen (secondary N) is 2. The van der Waals surface area contributed by atoms with Gasteiger partial charge in [-0.15, -0.1) is 24.0 Å². The van der Waals surface area contributed by atoms with Gasteiger partial charge in [-0.1, -0.05) is 31.0 Å². The van der Waals surface area contributed by atoms with Gasteiger partial charge in [-0.25, -0.2) is 0 Å². The van der Waals surface area contributed by atoms with E-state index in [-0.39, 0.29) is 29.4 Å². The lowest BCUT2D eigenvalue weighted by atomic mass is 9.78. The molecule has 1 aromatic rings. The second-order valence-corrected chi connectivity index (χ2v) is 8.15. The van der Waals surface area contributed by atoms with Crippen LogP contribution in [-0.2, 0) is 10.2 Å². The van der Waals surface area contributed by atoms with Crippen LogP contribution in [-0.4, -0.2) is 56.6 Å². The Bertz CT molecular complexity index is 704. The first-order valence-electron chi connectivity index (χ1n) is 11.1. The van der Waals surface area contributed by atoms with Crippen molar-refractivity contribution in [2.75, 3.05) is 39.8 Å². The summed E-state index contributed by atoms with van der Waals surface area (Å²) in [6, 6.07) is 8.39. The standard InChI is InChI=1S/C23H36N4O2.HI/c1-3-24-22(25-15-9-17-27-16-8-12-21(27)28)26-18-23(13-6-7-14-23)19-10-4-5-11-20(19)29-2;/h4-5,10-11H,3,6-9,12-18H2,1-2H3,(H2,24,25,26);1H. The van der Waals surface area contributed by atoms with E-state index in [1.807, 2.05) is 11.0 Å². The Morgan fingerprint density at radius 3 is 2.63 bits per heavy atom. The minimum atomic E-state index is 0. The van der Waals surface area contributed by atoms with Crippen LogP contribution in [0.15, 0.2) is 29.3 Å². The summed E-state index contributed by atoms with van der Waals surface area (Å²) in [5, 5.41) is 6.82. The van der Waals surface area contributed by atoms with Gasteiger partial charge >= 0.3 is 0 Å². The van der Waals surface area contributed by atoms with Crippen molar-refractivity contribution >= 4 is 35.8 Å². The number of ether oxygens (including phenoxy) is 1. The minimum Gasteiger partial charge on any atom is -0.496 e. The molecule has 0 aromatic heterocycles. The first-order valence-corrected chi connectivity index (χ1v) is 11.1. The summed E-state index contributed by atoms with van der Waals surface area (Å²) in [5.41, 5.74) is 1.34. The zero-order chi connectivity index (χ0) is 20.5. The lowest BCUT2D eigenvalue weighted by Gasteiger charge is -2.30. The van der Waals surface area contributed by atoms with E-state index in [0.29, 0.717) is 12.3 Å². The number of likely N-dealkylation sites (tertiary alicyclic amines) is 1. The molecule has 3 rings (SSSR count). The van der Waals surface area contributed by atoms with Gasteiger partial charge in [0.25, 0.3) is 0 Å². The van der Waals surface area contributed by atoms with Crippen LogP contribution in [0.3, 0.4) is 0 Å². The molecule has 1 saturated carbocycles. The summed E-state index contributed by atoms with van der Waals surface area (Å²) in [5.74, 6) is 2.13. The van der Waals surface area contributed by atoms with Gasteiger partial charge in [-0.05, 0) is 38.7 Å². The van der Waals surface area contributed by atoms with Gasteiger partial charge in [0.15, 0.2) is 5.96 Å². The van der Waals surface area contributed by atoms with Crippen molar-refractivity contribution in [2.24, 2.45) is 4.99 Å². The number of nitrogens with zero attached hydrogens (tertiary/aromatic N) is 2. The molecule has 0 bridgehead atoms. The molecular formula is C23H37IN4O2. The Balaban J connectivity index is 0.00000320. The zero-order valence-electron chi connectivity index (χ0n) is 18.4. The largest absolute Gasteiger partial charge is 0.496 e. The number of aliphatic imine (C=N–C) groups is 1. The molecule has 6 nitrogen and oxygen atoms in total. The molecule has 2 fully saturated rings. The fourth-order valence-corrected chi connectivity index (χ4v) is 4.64. The van der Waals surface area contributed by atoms with Crippen LogP contribution in [0.25, 0.3) is 0 Å². The number of guanidine groups is 1. The van der Waals surface area contributed by atoms with Gasteiger partial charge in [-0.2, -0.15) is 0 Å². The molecule has 0 atom stereocenters. The highest BCUT2D eigenvalue weighted by Crippen LogP contribution is 2.44. The van der Waals surface area contributed by atoms with Crippen molar-refractivity contribution in [2.45, 2.75) is 57.3 Å². The lowest BCUT2D eigenvalue weighted by Crippen LogP contribution is -2.40. The number of hydrogen-bond acceptors (Lipinski definition) is 3. The highest BCUT2D eigenvalue weighted by atomic mass is 127. The molecule has 1 aliphatic carbocycles. The molecule has 7 heteroatoms. The third kappa shape index (κ3) is 6.25. The zero-order valence-corrected chi connectivity index (χ0v) is 20.7. The fourth-order valence-electron chi connectivity index (χ4n) is 4.64. The van der Waals surface area contributed by atoms with Gasteiger partial charge in [0.2, 0.25) is 5.91 Å². The third-order valence-corrected chi connectivity index (χ3v) is 6.19. The van der Waals surface area contributed by atoms with Gasteiger partial charge in [-0.3, -0.25) is 9.79 Å². The highest BCUT2D eigenvalue weighted by Gasteiger charge is 2.37. The molecule has 168 valence electrons. The second-order valence-electron chi connectivity index (χ2n) is 8.15. The number of hydrogen-bond donors (Lipinski definition) is 2. The van der Waals surface area contributed by atoms with Crippen LogP contribution in [0.5, 0.6) is 5.75 Å². The number of rotatable bonds is 9. The van der Waals surface area contributed by atoms with Gasteiger partial charge in [0.05, 0.1) is 13.7 Å². The van der Waals surface area contributed by atoms with Crippen molar-refractivity contribution in [3.8, 4) is 5.75 Å². The molecule has 0 radical (unpaired) electrons. The Kier molecular flexibility index (Phi) is 10.2. The normalized spacial score (nSPS) is 18.3. The number of carbonyl (C=O) groups is 1. The van der Waals surface area contributed by atoms with Gasteiger partial charge in [0, 0.05) is 43.6 Å². The molecule has 1 heterocycles. The van der Waals surface area contributed by atoms with Crippen LogP contribution >= 0.6 is 24.0 Å². The molecule has 2 aliphatic rings. The molecule has 1 amide bonds. The van der Waals surface area contributed by atoms with Crippen molar-refractivity contribution in [1.29, 1.82) is 0 Å². The Morgan fingerprint density at radius 2 is 1.97 bits per heavy atom. The lowest BCUT2D eigenvalue weighted by molar-refractivity contribution is -0.127. The number of methoxy groups -OCH3 is 1. The van der Waals surface area contributed by atoms with E-state index in [1.165, 1.54) is 18.4 Å². The Hall–Kier alpha value is -1.51. The summed E-state index contributed by atoms with van der Waals surface area (Å²) in [7, 11) is 1.75. The number of carbonyl (C=O) groups excluding carboxylic acids is 1. The van der Waals surface area contributed by atoms with Crippen LogP contribution in [0.1, 0.15) is 57.4 Å². The first kappa shape index (κ1) is 24.8. The van der Waals surface area contributed by atoms with Crippen molar-refractivity contribution in [1.82, 2.24) is 15.5 Å². The number of para-hydroxylation sites is 1. The first-order chi connectivity index (χ1) is 14.2. The summed E-state index contributed by atoms with van der Waals surface area (Å²) >= 11 is 0. The maximum atomic E-state index is 11.7. The van der Waals surface area contributed by atoms with E-state index in [9.17, 15) is 4.79 Å². The Morgan fingerprint density at radius 1 is 1.20 bits per heavy atom. The molecule has 30 heavy (non-hydrogen) atoms. The second kappa shape index (κ2) is 12.4. The fraction of sp³-hybridized carbons (Fsp3) is 0.652. The summed E-state index contributed by atoms with van der Waals surface area (Å²) in [4.78, 5) is 18.7. The van der Waals surface area contributed by atoms with Gasteiger partial charge in [0.1, 0.15) is 5.75 Å². The molecule has 1 aliphatic heterocycles. The van der Waals surface area contributed by atoms with Crippen LogP contribution < -0.4 is 15.4 Å². The average molecular weight is 528 g/mol. The number of benzene rings is 1. The predicted octanol–water partition coefficient (Wildman–Crippen LogP) is 3.69. The van der Waals surface area contributed by atoms with Crippen molar-refractivity contribution in [3.63, 3.8) is 0 Å². The molecule has 1 aromatic carbocycles. The smallest absolute Gasteiger partial charge is 0.222 e. The van der Waals surface area contributed by atoms with Gasteiger partial charge < -0.3 is 20.3 Å². The minimum absolute atomic E-state index is 0. The molecule has 2 N–H and O–H groups in total. The number of amides is 1. The van der Waals surface area contributed by atoms with Crippen LogP contribution in [0.4, 0.5) is 0 Å². The van der Waals surface area contributed by atoms with E-state index in [1.54, 1.807) is 7.11 Å². The van der Waals surface area contributed by atoms with E-state index in [2.05, 4.69) is 35.8 Å². The van der Waals surface area contributed by atoms with Crippen molar-refractivity contribution in [3.05, 3.63) is 29.8 Å². The summed E-state index contributed by atoms with van der Waals surface area (Å²) in [6.07, 6.45) is 7.42. The topological polar surface area (TPSA) is 66.0 Å². The number of halogens is 1. The monoisotopic (exact) mass is 528 g/mol. The van der Waals surface area contributed by atoms with Crippen LogP contribution in [0.2, 0.25) is 0 Å². The maximum absolute atomic E-state index is 11.7. The summed E-state index contributed by atoms with van der Waals surface area (Å²) in [6.45, 7) is 6.24. The molecule has 1 saturated heterocycles. The maximum Gasteiger partial charge on any atom is 0.222 e.